The number of likely N-dealkylation sites (N-methyl/N-ethyl adjacent to an activating group) is 2. The second-order valence-electron chi connectivity index (χ2n) is 9.83. The maximum Gasteiger partial charge on any atom is 0.226 e. The summed E-state index contributed by atoms with van der Waals surface area (Å²) < 4.78 is 2.22. The van der Waals surface area contributed by atoms with Gasteiger partial charge in [-0.25, -0.2) is 0 Å². The van der Waals surface area contributed by atoms with Crippen molar-refractivity contribution in [1.29, 1.82) is 0 Å². The zero-order chi connectivity index (χ0) is 22.9. The fourth-order valence-electron chi connectivity index (χ4n) is 5.53. The van der Waals surface area contributed by atoms with Crippen LogP contribution in [0.3, 0.4) is 0 Å². The molecule has 1 saturated carbocycles. The van der Waals surface area contributed by atoms with Crippen molar-refractivity contribution >= 4 is 11.7 Å². The number of carbonyl (C=O) groups is 2. The van der Waals surface area contributed by atoms with Crippen molar-refractivity contribution in [3.63, 3.8) is 0 Å². The first-order chi connectivity index (χ1) is 15.5. The summed E-state index contributed by atoms with van der Waals surface area (Å²) in [6.45, 7) is 8.85. The predicted octanol–water partition coefficient (Wildman–Crippen LogP) is 3.56. The smallest absolute Gasteiger partial charge is 0.226 e. The number of aromatic nitrogens is 1. The molecule has 0 radical (unpaired) electrons. The Morgan fingerprint density at radius 2 is 1.81 bits per heavy atom. The largest absolute Gasteiger partial charge is 0.353 e. The Kier molecular flexibility index (Phi) is 9.79. The predicted molar refractivity (Wildman–Crippen MR) is 129 cm³/mol. The highest BCUT2D eigenvalue weighted by Gasteiger charge is 2.39. The quantitative estimate of drug-likeness (QED) is 0.536. The highest BCUT2D eigenvalue weighted by atomic mass is 16.2. The lowest BCUT2D eigenvalue weighted by Crippen LogP contribution is -2.48. The Hall–Kier alpha value is -1.66. The number of nitrogens with zero attached hydrogens (tertiary/aromatic N) is 3. The van der Waals surface area contributed by atoms with Crippen molar-refractivity contribution in [3.05, 3.63) is 24.5 Å². The summed E-state index contributed by atoms with van der Waals surface area (Å²) in [6, 6.07) is 4.22. The van der Waals surface area contributed by atoms with Crippen LogP contribution in [0.2, 0.25) is 0 Å². The Balaban J connectivity index is 1.65. The average molecular weight is 445 g/mol. The van der Waals surface area contributed by atoms with Gasteiger partial charge in [-0.3, -0.25) is 14.5 Å². The molecule has 0 unspecified atom stereocenters. The topological polar surface area (TPSA) is 57.6 Å². The monoisotopic (exact) mass is 444 g/mol. The summed E-state index contributed by atoms with van der Waals surface area (Å²) in [7, 11) is 1.82. The molecule has 2 fully saturated rings. The maximum absolute atomic E-state index is 13.8. The third kappa shape index (κ3) is 6.67. The average Bonchev–Trinajstić information content (AvgIpc) is 3.51. The number of amides is 1. The van der Waals surface area contributed by atoms with E-state index < -0.39 is 0 Å². The van der Waals surface area contributed by atoms with Crippen molar-refractivity contribution in [2.45, 2.75) is 83.8 Å². The fourth-order valence-corrected chi connectivity index (χ4v) is 5.53. The molecule has 1 aromatic rings. The summed E-state index contributed by atoms with van der Waals surface area (Å²) in [4.78, 5) is 31.3. The zero-order valence-electron chi connectivity index (χ0n) is 20.5. The number of hydrogen-bond donors (Lipinski definition) is 1. The summed E-state index contributed by atoms with van der Waals surface area (Å²) >= 11 is 0. The van der Waals surface area contributed by atoms with E-state index in [1.165, 1.54) is 19.3 Å². The van der Waals surface area contributed by atoms with Gasteiger partial charge in [-0.1, -0.05) is 26.2 Å². The van der Waals surface area contributed by atoms with Gasteiger partial charge in [0.25, 0.3) is 0 Å². The zero-order valence-corrected chi connectivity index (χ0v) is 20.5. The highest BCUT2D eigenvalue weighted by molar-refractivity contribution is 5.90. The summed E-state index contributed by atoms with van der Waals surface area (Å²) in [5.41, 5.74) is 0. The molecule has 1 aliphatic heterocycles. The van der Waals surface area contributed by atoms with E-state index in [0.29, 0.717) is 12.3 Å². The molecule has 0 bridgehead atoms. The Morgan fingerprint density at radius 1 is 1.09 bits per heavy atom. The van der Waals surface area contributed by atoms with Gasteiger partial charge in [-0.05, 0) is 64.3 Å². The van der Waals surface area contributed by atoms with Crippen LogP contribution in [-0.4, -0.2) is 71.4 Å². The Bertz CT molecular complexity index is 699. The van der Waals surface area contributed by atoms with Gasteiger partial charge in [-0.2, -0.15) is 0 Å². The van der Waals surface area contributed by atoms with E-state index in [-0.39, 0.29) is 29.7 Å². The van der Waals surface area contributed by atoms with Gasteiger partial charge in [0.2, 0.25) is 5.91 Å². The summed E-state index contributed by atoms with van der Waals surface area (Å²) in [5, 5.41) is 3.07. The van der Waals surface area contributed by atoms with E-state index in [1.54, 1.807) is 0 Å². The normalized spacial score (nSPS) is 21.8. The number of carbonyl (C=O) groups excluding carboxylic acids is 2. The van der Waals surface area contributed by atoms with Crippen LogP contribution in [-0.2, 0) is 16.1 Å². The van der Waals surface area contributed by atoms with Crippen LogP contribution in [0.4, 0.5) is 0 Å². The van der Waals surface area contributed by atoms with Gasteiger partial charge < -0.3 is 14.8 Å². The van der Waals surface area contributed by atoms with Crippen LogP contribution in [0.5, 0.6) is 0 Å². The van der Waals surface area contributed by atoms with Crippen LogP contribution in [0.1, 0.15) is 65.2 Å². The molecule has 2 heterocycles. The van der Waals surface area contributed by atoms with Crippen LogP contribution in [0, 0.1) is 11.8 Å². The maximum atomic E-state index is 13.8. The molecule has 3 rings (SSSR count). The fraction of sp³-hybridized carbons (Fsp3) is 0.769. The van der Waals surface area contributed by atoms with Crippen molar-refractivity contribution in [1.82, 2.24) is 19.7 Å². The minimum absolute atomic E-state index is 0.144. The second-order valence-corrected chi connectivity index (χ2v) is 9.83. The van der Waals surface area contributed by atoms with Gasteiger partial charge in [0.05, 0.1) is 6.04 Å². The number of Topliss-reactive ketones (excluding diaryl/α,β-unsaturated/α-hetero) is 1. The van der Waals surface area contributed by atoms with Gasteiger partial charge in [0.15, 0.2) is 0 Å². The molecular formula is C26H44N4O2. The Morgan fingerprint density at radius 3 is 2.47 bits per heavy atom. The molecule has 1 aliphatic carbocycles. The molecule has 1 aromatic heterocycles. The van der Waals surface area contributed by atoms with Crippen molar-refractivity contribution in [2.75, 3.05) is 33.2 Å². The molecule has 0 spiro atoms. The summed E-state index contributed by atoms with van der Waals surface area (Å²) in [5.74, 6) is 0.641. The number of rotatable bonds is 12. The number of nitrogens with one attached hydrogen (secondary N) is 1. The molecule has 2 aliphatic rings. The van der Waals surface area contributed by atoms with Crippen LogP contribution < -0.4 is 5.32 Å². The molecule has 1 saturated heterocycles. The first kappa shape index (κ1) is 25.0. The number of ketones is 1. The minimum atomic E-state index is -0.187. The highest BCUT2D eigenvalue weighted by Crippen LogP contribution is 2.35. The second kappa shape index (κ2) is 12.5. The van der Waals surface area contributed by atoms with E-state index >= 15 is 0 Å². The van der Waals surface area contributed by atoms with Gasteiger partial charge in [0.1, 0.15) is 5.78 Å². The lowest BCUT2D eigenvalue weighted by molar-refractivity contribution is -0.142. The SMILES string of the molecule is CCN(CCn1cccc1)C[C@@H]1CCCN1C(=O)[C@@H](CC(=O)[C@H](C)NC)C1CCCCC1. The van der Waals surface area contributed by atoms with Crippen molar-refractivity contribution in [3.8, 4) is 0 Å². The van der Waals surface area contributed by atoms with E-state index in [1.807, 2.05) is 14.0 Å². The molecular weight excluding hydrogens is 400 g/mol. The van der Waals surface area contributed by atoms with Crippen LogP contribution in [0.15, 0.2) is 24.5 Å². The number of likely N-dealkylation sites (tertiary alicyclic amines) is 1. The Labute approximate surface area is 194 Å². The minimum Gasteiger partial charge on any atom is -0.353 e. The molecule has 6 heteroatoms. The number of hydrogen-bond acceptors (Lipinski definition) is 4. The standard InChI is InChI=1S/C26H44N4O2/c1-4-28(17-18-29-14-8-9-15-29)20-23-13-10-16-30(23)26(32)24(19-25(31)21(2)27-3)22-11-6-5-7-12-22/h8-9,14-15,21-24,27H,4-7,10-13,16-20H2,1-3H3/t21-,23-,24-/m0/s1. The molecule has 180 valence electrons. The first-order valence-electron chi connectivity index (χ1n) is 12.9. The lowest BCUT2D eigenvalue weighted by atomic mass is 9.76. The molecule has 1 N–H and O–H groups in total. The van der Waals surface area contributed by atoms with E-state index in [9.17, 15) is 9.59 Å². The molecule has 3 atom stereocenters. The van der Waals surface area contributed by atoms with Gasteiger partial charge in [0, 0.05) is 57.0 Å². The summed E-state index contributed by atoms with van der Waals surface area (Å²) in [6.07, 6.45) is 12.6. The van der Waals surface area contributed by atoms with E-state index in [2.05, 4.69) is 51.1 Å². The van der Waals surface area contributed by atoms with Gasteiger partial charge in [-0.15, -0.1) is 0 Å². The van der Waals surface area contributed by atoms with Crippen molar-refractivity contribution in [2.24, 2.45) is 11.8 Å². The van der Waals surface area contributed by atoms with E-state index in [4.69, 9.17) is 0 Å². The third-order valence-electron chi connectivity index (χ3n) is 7.79. The molecule has 1 amide bonds. The lowest BCUT2D eigenvalue weighted by Gasteiger charge is -2.36. The third-order valence-corrected chi connectivity index (χ3v) is 7.79. The van der Waals surface area contributed by atoms with Crippen LogP contribution in [0.25, 0.3) is 0 Å². The molecule has 0 aromatic carbocycles. The van der Waals surface area contributed by atoms with Gasteiger partial charge >= 0.3 is 0 Å². The van der Waals surface area contributed by atoms with E-state index in [0.717, 1.165) is 58.4 Å². The first-order valence-corrected chi connectivity index (χ1v) is 12.9. The molecule has 32 heavy (non-hydrogen) atoms. The van der Waals surface area contributed by atoms with Crippen molar-refractivity contribution < 1.29 is 9.59 Å². The molecule has 6 nitrogen and oxygen atoms in total. The van der Waals surface area contributed by atoms with Crippen LogP contribution >= 0.6 is 0 Å².